The maximum Gasteiger partial charge on any atom is 0.269 e. The van der Waals surface area contributed by atoms with Crippen molar-refractivity contribution in [1.82, 2.24) is 0 Å². The van der Waals surface area contributed by atoms with E-state index < -0.39 is 11.2 Å². The lowest BCUT2D eigenvalue weighted by molar-refractivity contribution is -0.117. The third-order valence-electron chi connectivity index (χ3n) is 5.85. The van der Waals surface area contributed by atoms with Gasteiger partial charge in [0.25, 0.3) is 5.91 Å². The standard InChI is InChI=1S/C28H23Cl2N3O2S/c1-3-18-8-10-22(11-9-18)33-27(35)25(14-19-12-20(29)15-21(30)13-19)36-28(33)23(16-31)26(34)32-24-7-5-4-6-17(24)2/h4-13,15,25H,3,14H2,1-2H3,(H,32,34)/b28-23-. The number of carbonyl (C=O) groups is 2. The molecule has 0 aliphatic carbocycles. The zero-order chi connectivity index (χ0) is 25.8. The van der Waals surface area contributed by atoms with E-state index in [0.717, 1.165) is 23.1 Å². The number of thioether (sulfide) groups is 1. The van der Waals surface area contributed by atoms with Gasteiger partial charge in [0.2, 0.25) is 5.91 Å². The third kappa shape index (κ3) is 5.60. The first-order valence-corrected chi connectivity index (χ1v) is 13.0. The fourth-order valence-corrected chi connectivity index (χ4v) is 5.82. The van der Waals surface area contributed by atoms with Crippen LogP contribution in [-0.2, 0) is 22.4 Å². The summed E-state index contributed by atoms with van der Waals surface area (Å²) in [6.07, 6.45) is 1.20. The summed E-state index contributed by atoms with van der Waals surface area (Å²) in [5, 5.41) is 13.5. The third-order valence-corrected chi connectivity index (χ3v) is 7.54. The van der Waals surface area contributed by atoms with Gasteiger partial charge in [0.15, 0.2) is 0 Å². The fraction of sp³-hybridized carbons (Fsp3) is 0.179. The van der Waals surface area contributed by atoms with Crippen LogP contribution in [-0.4, -0.2) is 17.1 Å². The summed E-state index contributed by atoms with van der Waals surface area (Å²) in [6.45, 7) is 3.92. The van der Waals surface area contributed by atoms with Crippen LogP contribution < -0.4 is 10.2 Å². The number of anilines is 2. The number of para-hydroxylation sites is 1. The van der Waals surface area contributed by atoms with Crippen LogP contribution in [0.2, 0.25) is 10.0 Å². The van der Waals surface area contributed by atoms with E-state index in [1.54, 1.807) is 24.3 Å². The number of nitrogens with zero attached hydrogens (tertiary/aromatic N) is 2. The summed E-state index contributed by atoms with van der Waals surface area (Å²) in [4.78, 5) is 28.4. The number of benzene rings is 3. The highest BCUT2D eigenvalue weighted by molar-refractivity contribution is 8.05. The van der Waals surface area contributed by atoms with Crippen LogP contribution in [0.15, 0.2) is 77.3 Å². The van der Waals surface area contributed by atoms with E-state index in [1.165, 1.54) is 16.7 Å². The van der Waals surface area contributed by atoms with Gasteiger partial charge < -0.3 is 5.32 Å². The monoisotopic (exact) mass is 535 g/mol. The smallest absolute Gasteiger partial charge is 0.269 e. The number of amides is 2. The number of halogens is 2. The van der Waals surface area contributed by atoms with Gasteiger partial charge in [-0.25, -0.2) is 0 Å². The van der Waals surface area contributed by atoms with Gasteiger partial charge in [-0.05, 0) is 72.9 Å². The van der Waals surface area contributed by atoms with Crippen molar-refractivity contribution in [1.29, 1.82) is 5.26 Å². The molecule has 0 radical (unpaired) electrons. The Morgan fingerprint density at radius 1 is 1.06 bits per heavy atom. The number of aryl methyl sites for hydroxylation is 2. The van der Waals surface area contributed by atoms with E-state index >= 15 is 0 Å². The van der Waals surface area contributed by atoms with E-state index in [-0.39, 0.29) is 11.5 Å². The predicted molar refractivity (Wildman–Crippen MR) is 147 cm³/mol. The van der Waals surface area contributed by atoms with Crippen LogP contribution in [0.5, 0.6) is 0 Å². The fourth-order valence-electron chi connectivity index (χ4n) is 3.94. The summed E-state index contributed by atoms with van der Waals surface area (Å²) in [6, 6.07) is 22.1. The Balaban J connectivity index is 1.75. The van der Waals surface area contributed by atoms with Crippen LogP contribution in [0.4, 0.5) is 11.4 Å². The minimum atomic E-state index is -0.566. The zero-order valence-electron chi connectivity index (χ0n) is 19.7. The van der Waals surface area contributed by atoms with Crippen molar-refractivity contribution < 1.29 is 9.59 Å². The Hall–Kier alpha value is -3.24. The van der Waals surface area contributed by atoms with Crippen LogP contribution in [0, 0.1) is 18.3 Å². The van der Waals surface area contributed by atoms with E-state index in [1.807, 2.05) is 62.4 Å². The molecule has 1 N–H and O–H groups in total. The van der Waals surface area contributed by atoms with E-state index in [0.29, 0.717) is 32.9 Å². The Kier molecular flexibility index (Phi) is 8.05. The highest BCUT2D eigenvalue weighted by atomic mass is 35.5. The summed E-state index contributed by atoms with van der Waals surface area (Å²) >= 11 is 13.5. The lowest BCUT2D eigenvalue weighted by Crippen LogP contribution is -2.31. The SMILES string of the molecule is CCc1ccc(N2C(=O)C(Cc3cc(Cl)cc(Cl)c3)S/C2=C(/C#N)C(=O)Nc2ccccc2C)cc1. The Labute approximate surface area is 224 Å². The summed E-state index contributed by atoms with van der Waals surface area (Å²) in [5.74, 6) is -0.782. The van der Waals surface area contributed by atoms with E-state index in [2.05, 4.69) is 5.32 Å². The molecule has 1 atom stereocenters. The average Bonchev–Trinajstić information content (AvgIpc) is 3.15. The number of hydrogen-bond acceptors (Lipinski definition) is 4. The molecule has 0 saturated carbocycles. The molecular formula is C28H23Cl2N3O2S. The minimum absolute atomic E-state index is 0.122. The molecule has 0 spiro atoms. The molecule has 1 fully saturated rings. The van der Waals surface area contributed by atoms with Crippen molar-refractivity contribution in [2.75, 3.05) is 10.2 Å². The molecule has 0 bridgehead atoms. The second kappa shape index (κ2) is 11.2. The van der Waals surface area contributed by atoms with Crippen molar-refractivity contribution in [2.45, 2.75) is 31.9 Å². The first-order valence-electron chi connectivity index (χ1n) is 11.4. The number of nitriles is 1. The molecule has 3 aromatic rings. The molecule has 0 aromatic heterocycles. The van der Waals surface area contributed by atoms with E-state index in [4.69, 9.17) is 23.2 Å². The highest BCUT2D eigenvalue weighted by Gasteiger charge is 2.41. The lowest BCUT2D eigenvalue weighted by Gasteiger charge is -2.19. The molecule has 36 heavy (non-hydrogen) atoms. The Morgan fingerprint density at radius 2 is 1.72 bits per heavy atom. The molecule has 5 nitrogen and oxygen atoms in total. The molecule has 4 rings (SSSR count). The molecule has 1 aliphatic heterocycles. The molecule has 1 aliphatic rings. The lowest BCUT2D eigenvalue weighted by atomic mass is 10.1. The van der Waals surface area contributed by atoms with Gasteiger partial charge in [0, 0.05) is 21.4 Å². The van der Waals surface area contributed by atoms with Crippen molar-refractivity contribution >= 4 is 58.2 Å². The van der Waals surface area contributed by atoms with E-state index in [9.17, 15) is 14.9 Å². The van der Waals surface area contributed by atoms with Crippen molar-refractivity contribution in [3.05, 3.63) is 104 Å². The first kappa shape index (κ1) is 25.8. The summed E-state index contributed by atoms with van der Waals surface area (Å²) in [5.41, 5.74) is 3.86. The molecule has 3 aromatic carbocycles. The highest BCUT2D eigenvalue weighted by Crippen LogP contribution is 2.42. The van der Waals surface area contributed by atoms with Crippen molar-refractivity contribution in [3.8, 4) is 6.07 Å². The van der Waals surface area contributed by atoms with Gasteiger partial charge in [-0.2, -0.15) is 5.26 Å². The number of carbonyl (C=O) groups excluding carboxylic acids is 2. The largest absolute Gasteiger partial charge is 0.321 e. The van der Waals surface area contributed by atoms with Crippen LogP contribution in [0.1, 0.15) is 23.6 Å². The molecule has 1 unspecified atom stereocenters. The van der Waals surface area contributed by atoms with Crippen LogP contribution in [0.25, 0.3) is 0 Å². The normalized spacial score (nSPS) is 16.6. The maximum atomic E-state index is 13.7. The zero-order valence-corrected chi connectivity index (χ0v) is 22.0. The van der Waals surface area contributed by atoms with Gasteiger partial charge >= 0.3 is 0 Å². The quantitative estimate of drug-likeness (QED) is 0.274. The number of nitrogens with one attached hydrogen (secondary N) is 1. The van der Waals surface area contributed by atoms with Crippen LogP contribution >= 0.6 is 35.0 Å². The molecule has 8 heteroatoms. The first-order chi connectivity index (χ1) is 17.3. The number of rotatable bonds is 6. The molecule has 182 valence electrons. The topological polar surface area (TPSA) is 73.2 Å². The van der Waals surface area contributed by atoms with Crippen LogP contribution in [0.3, 0.4) is 0 Å². The van der Waals surface area contributed by atoms with Gasteiger partial charge in [0.05, 0.1) is 5.25 Å². The minimum Gasteiger partial charge on any atom is -0.321 e. The predicted octanol–water partition coefficient (Wildman–Crippen LogP) is 6.93. The van der Waals surface area contributed by atoms with Gasteiger partial charge in [-0.3, -0.25) is 14.5 Å². The molecule has 2 amide bonds. The number of hydrogen-bond donors (Lipinski definition) is 1. The summed E-state index contributed by atoms with van der Waals surface area (Å²) in [7, 11) is 0. The van der Waals surface area contributed by atoms with Crippen molar-refractivity contribution in [3.63, 3.8) is 0 Å². The Bertz CT molecular complexity index is 1380. The van der Waals surface area contributed by atoms with Crippen molar-refractivity contribution in [2.24, 2.45) is 0 Å². The molecule has 1 heterocycles. The second-order valence-corrected chi connectivity index (χ2v) is 10.4. The molecule has 1 saturated heterocycles. The van der Waals surface area contributed by atoms with Gasteiger partial charge in [-0.15, -0.1) is 0 Å². The summed E-state index contributed by atoms with van der Waals surface area (Å²) < 4.78 is 0. The maximum absolute atomic E-state index is 13.7. The van der Waals surface area contributed by atoms with Gasteiger partial charge in [-0.1, -0.05) is 72.2 Å². The average molecular weight is 536 g/mol. The van der Waals surface area contributed by atoms with Gasteiger partial charge in [0.1, 0.15) is 16.7 Å². The Morgan fingerprint density at radius 3 is 2.33 bits per heavy atom. The molecular weight excluding hydrogens is 513 g/mol. The second-order valence-electron chi connectivity index (χ2n) is 8.34.